The van der Waals surface area contributed by atoms with Crippen molar-refractivity contribution in [3.63, 3.8) is 0 Å². The van der Waals surface area contributed by atoms with Gasteiger partial charge in [0.1, 0.15) is 9.96 Å². The lowest BCUT2D eigenvalue weighted by Crippen LogP contribution is -2.28. The molecule has 1 aromatic heterocycles. The van der Waals surface area contributed by atoms with E-state index in [1.165, 1.54) is 11.3 Å². The fourth-order valence-corrected chi connectivity index (χ4v) is 3.92. The minimum atomic E-state index is -3.49. The molecule has 1 atom stereocenters. The van der Waals surface area contributed by atoms with Crippen LogP contribution in [0.1, 0.15) is 11.7 Å². The molecule has 0 aliphatic rings. The summed E-state index contributed by atoms with van der Waals surface area (Å²) < 4.78 is 37.6. The lowest BCUT2D eigenvalue weighted by atomic mass is 10.1. The minimum Gasteiger partial charge on any atom is -0.497 e. The Morgan fingerprint density at radius 1 is 1.24 bits per heavy atom. The average molecular weight is 327 g/mol. The van der Waals surface area contributed by atoms with E-state index in [0.717, 1.165) is 5.56 Å². The Morgan fingerprint density at radius 3 is 2.67 bits per heavy atom. The zero-order chi connectivity index (χ0) is 15.3. The molecule has 21 heavy (non-hydrogen) atoms. The second kappa shape index (κ2) is 7.04. The molecule has 0 amide bonds. The maximum Gasteiger partial charge on any atom is 0.250 e. The summed E-state index contributed by atoms with van der Waals surface area (Å²) in [6, 6.07) is 10.6. The van der Waals surface area contributed by atoms with Crippen LogP contribution in [-0.2, 0) is 14.8 Å². The summed E-state index contributed by atoms with van der Waals surface area (Å²) in [4.78, 5) is 0. The quantitative estimate of drug-likeness (QED) is 0.848. The van der Waals surface area contributed by atoms with Gasteiger partial charge in [-0.2, -0.15) is 0 Å². The molecule has 1 heterocycles. The van der Waals surface area contributed by atoms with E-state index in [1.807, 2.05) is 24.3 Å². The van der Waals surface area contributed by atoms with Gasteiger partial charge in [-0.15, -0.1) is 11.3 Å². The van der Waals surface area contributed by atoms with E-state index >= 15 is 0 Å². The molecular weight excluding hydrogens is 310 g/mol. The van der Waals surface area contributed by atoms with Crippen molar-refractivity contribution in [1.29, 1.82) is 0 Å². The zero-order valence-corrected chi connectivity index (χ0v) is 13.4. The van der Waals surface area contributed by atoms with Crippen LogP contribution in [0, 0.1) is 0 Å². The van der Waals surface area contributed by atoms with Crippen molar-refractivity contribution >= 4 is 21.4 Å². The van der Waals surface area contributed by atoms with Crippen LogP contribution >= 0.6 is 11.3 Å². The van der Waals surface area contributed by atoms with Crippen LogP contribution in [0.2, 0.25) is 0 Å². The van der Waals surface area contributed by atoms with Crippen molar-refractivity contribution in [2.24, 2.45) is 0 Å². The van der Waals surface area contributed by atoms with Crippen molar-refractivity contribution in [1.82, 2.24) is 4.72 Å². The van der Waals surface area contributed by atoms with E-state index in [9.17, 15) is 8.42 Å². The number of hydrogen-bond acceptors (Lipinski definition) is 5. The largest absolute Gasteiger partial charge is 0.497 e. The summed E-state index contributed by atoms with van der Waals surface area (Å²) in [5.74, 6) is 0.704. The molecule has 0 saturated carbocycles. The topological polar surface area (TPSA) is 64.6 Å². The summed E-state index contributed by atoms with van der Waals surface area (Å²) in [5.41, 5.74) is 0.853. The van der Waals surface area contributed by atoms with Gasteiger partial charge in [-0.05, 0) is 29.1 Å². The SMILES string of the molecule is COc1cccc(C(CNS(=O)(=O)c2cccs2)OC)c1. The van der Waals surface area contributed by atoms with Gasteiger partial charge in [0.05, 0.1) is 13.2 Å². The van der Waals surface area contributed by atoms with Crippen LogP contribution in [0.15, 0.2) is 46.0 Å². The molecule has 0 spiro atoms. The smallest absolute Gasteiger partial charge is 0.250 e. The van der Waals surface area contributed by atoms with Crippen LogP contribution in [0.4, 0.5) is 0 Å². The summed E-state index contributed by atoms with van der Waals surface area (Å²) in [7, 11) is -0.360. The number of thiophene rings is 1. The molecule has 0 fully saturated rings. The first kappa shape index (κ1) is 16.0. The van der Waals surface area contributed by atoms with E-state index in [1.54, 1.807) is 31.7 Å². The predicted molar refractivity (Wildman–Crippen MR) is 82.3 cm³/mol. The normalized spacial score (nSPS) is 13.0. The van der Waals surface area contributed by atoms with Gasteiger partial charge in [-0.3, -0.25) is 0 Å². The lowest BCUT2D eigenvalue weighted by molar-refractivity contribution is 0.107. The molecule has 7 heteroatoms. The first-order chi connectivity index (χ1) is 10.1. The van der Waals surface area contributed by atoms with Gasteiger partial charge in [0, 0.05) is 13.7 Å². The summed E-state index contributed by atoms with van der Waals surface area (Å²) in [5, 5.41) is 1.73. The molecule has 0 radical (unpaired) electrons. The molecule has 0 aliphatic carbocycles. The maximum atomic E-state index is 12.1. The van der Waals surface area contributed by atoms with Gasteiger partial charge in [-0.1, -0.05) is 18.2 Å². The van der Waals surface area contributed by atoms with Crippen molar-refractivity contribution in [3.8, 4) is 5.75 Å². The number of rotatable bonds is 7. The first-order valence-electron chi connectivity index (χ1n) is 6.26. The van der Waals surface area contributed by atoms with Gasteiger partial charge in [0.25, 0.3) is 0 Å². The maximum absolute atomic E-state index is 12.1. The highest BCUT2D eigenvalue weighted by Gasteiger charge is 2.19. The molecule has 2 rings (SSSR count). The fraction of sp³-hybridized carbons (Fsp3) is 0.286. The van der Waals surface area contributed by atoms with Gasteiger partial charge in [-0.25, -0.2) is 13.1 Å². The standard InChI is InChI=1S/C14H17NO4S2/c1-18-12-6-3-5-11(9-12)13(19-2)10-15-21(16,17)14-7-4-8-20-14/h3-9,13,15H,10H2,1-2H3. The Hall–Kier alpha value is -1.41. The third kappa shape index (κ3) is 4.04. The van der Waals surface area contributed by atoms with Crippen LogP contribution in [0.3, 0.4) is 0 Å². The van der Waals surface area contributed by atoms with E-state index in [4.69, 9.17) is 9.47 Å². The van der Waals surface area contributed by atoms with Crippen molar-refractivity contribution in [2.75, 3.05) is 20.8 Å². The summed E-state index contributed by atoms with van der Waals surface area (Å²) in [6.07, 6.45) is -0.380. The molecule has 0 saturated heterocycles. The van der Waals surface area contributed by atoms with Crippen LogP contribution in [-0.4, -0.2) is 29.2 Å². The number of nitrogens with one attached hydrogen (secondary N) is 1. The van der Waals surface area contributed by atoms with E-state index in [2.05, 4.69) is 4.72 Å². The Balaban J connectivity index is 2.09. The van der Waals surface area contributed by atoms with Gasteiger partial charge in [0.2, 0.25) is 10.0 Å². The zero-order valence-electron chi connectivity index (χ0n) is 11.8. The molecule has 2 aromatic rings. The highest BCUT2D eigenvalue weighted by atomic mass is 32.2. The molecule has 0 bridgehead atoms. The van der Waals surface area contributed by atoms with Gasteiger partial charge in [0.15, 0.2) is 0 Å². The van der Waals surface area contributed by atoms with Crippen molar-refractivity contribution in [2.45, 2.75) is 10.3 Å². The van der Waals surface area contributed by atoms with Crippen LogP contribution in [0.5, 0.6) is 5.75 Å². The number of benzene rings is 1. The molecule has 114 valence electrons. The Bertz CT molecular complexity index is 668. The number of ether oxygens (including phenoxy) is 2. The molecule has 5 nitrogen and oxygen atoms in total. The second-order valence-electron chi connectivity index (χ2n) is 4.28. The van der Waals surface area contributed by atoms with Crippen LogP contribution in [0.25, 0.3) is 0 Å². The third-order valence-electron chi connectivity index (χ3n) is 2.97. The molecule has 1 aromatic carbocycles. The Morgan fingerprint density at radius 2 is 2.05 bits per heavy atom. The fourth-order valence-electron chi connectivity index (χ4n) is 1.85. The Kier molecular flexibility index (Phi) is 5.35. The van der Waals surface area contributed by atoms with E-state index < -0.39 is 10.0 Å². The van der Waals surface area contributed by atoms with Gasteiger partial charge >= 0.3 is 0 Å². The number of methoxy groups -OCH3 is 2. The monoisotopic (exact) mass is 327 g/mol. The van der Waals surface area contributed by atoms with E-state index in [0.29, 0.717) is 9.96 Å². The third-order valence-corrected chi connectivity index (χ3v) is 5.79. The average Bonchev–Trinajstić information content (AvgIpc) is 3.03. The lowest BCUT2D eigenvalue weighted by Gasteiger charge is -2.17. The molecule has 1 unspecified atom stereocenters. The Labute approximate surface area is 128 Å². The van der Waals surface area contributed by atoms with Crippen LogP contribution < -0.4 is 9.46 Å². The highest BCUT2D eigenvalue weighted by molar-refractivity contribution is 7.91. The molecule has 0 aliphatic heterocycles. The first-order valence-corrected chi connectivity index (χ1v) is 8.63. The van der Waals surface area contributed by atoms with E-state index in [-0.39, 0.29) is 12.6 Å². The summed E-state index contributed by atoms with van der Waals surface area (Å²) >= 11 is 1.18. The number of sulfonamides is 1. The second-order valence-corrected chi connectivity index (χ2v) is 7.23. The molecular formula is C14H17NO4S2. The highest BCUT2D eigenvalue weighted by Crippen LogP contribution is 2.22. The van der Waals surface area contributed by atoms with Gasteiger partial charge < -0.3 is 9.47 Å². The number of hydrogen-bond donors (Lipinski definition) is 1. The molecule has 1 N–H and O–H groups in total. The van der Waals surface area contributed by atoms with Crippen molar-refractivity contribution in [3.05, 3.63) is 47.3 Å². The minimum absolute atomic E-state index is 0.157. The van der Waals surface area contributed by atoms with Crippen molar-refractivity contribution < 1.29 is 17.9 Å². The predicted octanol–water partition coefficient (Wildman–Crippen LogP) is 2.42. The summed E-state index contributed by atoms with van der Waals surface area (Å²) in [6.45, 7) is 0.157.